The van der Waals surface area contributed by atoms with Crippen molar-refractivity contribution in [1.82, 2.24) is 4.90 Å². The molecule has 1 saturated heterocycles. The van der Waals surface area contributed by atoms with Crippen LogP contribution in [-0.4, -0.2) is 53.2 Å². The maximum Gasteiger partial charge on any atom is 0.295 e. The van der Waals surface area contributed by atoms with Crippen molar-refractivity contribution >= 4 is 17.4 Å². The molecule has 1 amide bonds. The van der Waals surface area contributed by atoms with Crippen molar-refractivity contribution < 1.29 is 28.9 Å². The molecule has 2 aromatic rings. The first-order valence-electron chi connectivity index (χ1n) is 8.83. The van der Waals surface area contributed by atoms with Crippen molar-refractivity contribution in [1.29, 1.82) is 0 Å². The minimum atomic E-state index is -1.07. The molecule has 1 fully saturated rings. The van der Waals surface area contributed by atoms with Crippen LogP contribution < -0.4 is 0 Å². The molecule has 0 radical (unpaired) electrons. The Morgan fingerprint density at radius 1 is 1.04 bits per heavy atom. The maximum absolute atomic E-state index is 14.5. The van der Waals surface area contributed by atoms with Crippen LogP contribution in [0.2, 0.25) is 0 Å². The van der Waals surface area contributed by atoms with E-state index in [0.717, 1.165) is 0 Å². The Kier molecular flexibility index (Phi) is 6.18. The lowest BCUT2D eigenvalue weighted by Gasteiger charge is -2.25. The van der Waals surface area contributed by atoms with E-state index in [9.17, 15) is 19.1 Å². The second-order valence-corrected chi connectivity index (χ2v) is 6.22. The quantitative estimate of drug-likeness (QED) is 0.330. The Morgan fingerprint density at radius 2 is 1.71 bits per heavy atom. The average Bonchev–Trinajstić information content (AvgIpc) is 2.96. The number of ether oxygens (including phenoxy) is 1. The summed E-state index contributed by atoms with van der Waals surface area (Å²) in [7, 11) is 0. The van der Waals surface area contributed by atoms with Gasteiger partial charge in [-0.05, 0) is 6.07 Å². The number of hydrogen-bond acceptors (Lipinski definition) is 5. The molecular weight excluding hydrogens is 365 g/mol. The second kappa shape index (κ2) is 8.77. The predicted molar refractivity (Wildman–Crippen MR) is 99.8 cm³/mol. The Balaban J connectivity index is 2.08. The summed E-state index contributed by atoms with van der Waals surface area (Å²) in [5.41, 5.74) is 0.308. The van der Waals surface area contributed by atoms with E-state index in [1.807, 2.05) is 0 Å². The summed E-state index contributed by atoms with van der Waals surface area (Å²) in [6.45, 7) is -0.0269. The number of carbonyl (C=O) groups excluding carboxylic acids is 2. The number of ketones is 1. The third kappa shape index (κ3) is 3.81. The smallest absolute Gasteiger partial charge is 0.295 e. The first kappa shape index (κ1) is 19.7. The van der Waals surface area contributed by atoms with Gasteiger partial charge in [0.1, 0.15) is 11.6 Å². The molecule has 1 unspecified atom stereocenters. The van der Waals surface area contributed by atoms with Gasteiger partial charge in [-0.2, -0.15) is 0 Å². The standard InChI is InChI=1S/C21H20FNO5/c22-16-9-5-4-8-15(16)18-17(19(25)14-6-2-1-3-7-14)20(26)21(27)23(18)10-12-28-13-11-24/h1-9,18,24-25H,10-13H2. The topological polar surface area (TPSA) is 87.1 Å². The lowest BCUT2D eigenvalue weighted by Crippen LogP contribution is -2.33. The monoisotopic (exact) mass is 385 g/mol. The number of amides is 1. The molecule has 0 bridgehead atoms. The predicted octanol–water partition coefficient (Wildman–Crippen LogP) is 2.26. The highest BCUT2D eigenvalue weighted by molar-refractivity contribution is 6.46. The van der Waals surface area contributed by atoms with E-state index in [4.69, 9.17) is 9.84 Å². The number of aliphatic hydroxyl groups excluding tert-OH is 2. The summed E-state index contributed by atoms with van der Waals surface area (Å²) in [5.74, 6) is -2.66. The van der Waals surface area contributed by atoms with Gasteiger partial charge in [0, 0.05) is 17.7 Å². The van der Waals surface area contributed by atoms with Crippen molar-refractivity contribution in [2.24, 2.45) is 0 Å². The number of aliphatic hydroxyl groups is 2. The summed E-state index contributed by atoms with van der Waals surface area (Å²) in [5, 5.41) is 19.6. The van der Waals surface area contributed by atoms with Gasteiger partial charge in [-0.25, -0.2) is 4.39 Å². The molecule has 28 heavy (non-hydrogen) atoms. The minimum Gasteiger partial charge on any atom is -0.507 e. The lowest BCUT2D eigenvalue weighted by atomic mass is 9.95. The fraction of sp³-hybridized carbons (Fsp3) is 0.238. The van der Waals surface area contributed by atoms with E-state index in [1.54, 1.807) is 36.4 Å². The molecular formula is C21H20FNO5. The summed E-state index contributed by atoms with van der Waals surface area (Å²) in [4.78, 5) is 26.5. The first-order chi connectivity index (χ1) is 13.6. The summed E-state index contributed by atoms with van der Waals surface area (Å²) < 4.78 is 19.7. The highest BCUT2D eigenvalue weighted by Gasteiger charge is 2.46. The first-order valence-corrected chi connectivity index (χ1v) is 8.83. The lowest BCUT2D eigenvalue weighted by molar-refractivity contribution is -0.140. The molecule has 0 saturated carbocycles. The molecule has 1 aliphatic rings. The van der Waals surface area contributed by atoms with Gasteiger partial charge in [-0.15, -0.1) is 0 Å². The molecule has 146 valence electrons. The number of Topliss-reactive ketones (excluding diaryl/α,β-unsaturated/α-hetero) is 1. The fourth-order valence-corrected chi connectivity index (χ4v) is 3.21. The largest absolute Gasteiger partial charge is 0.507 e. The number of rotatable bonds is 7. The highest BCUT2D eigenvalue weighted by Crippen LogP contribution is 2.39. The highest BCUT2D eigenvalue weighted by atomic mass is 19.1. The number of carbonyl (C=O) groups is 2. The van der Waals surface area contributed by atoms with Crippen LogP contribution in [0, 0.1) is 5.82 Å². The van der Waals surface area contributed by atoms with Gasteiger partial charge >= 0.3 is 0 Å². The van der Waals surface area contributed by atoms with E-state index in [0.29, 0.717) is 5.56 Å². The average molecular weight is 385 g/mol. The van der Waals surface area contributed by atoms with E-state index in [1.165, 1.54) is 23.1 Å². The minimum absolute atomic E-state index is 0.00907. The van der Waals surface area contributed by atoms with Crippen LogP contribution >= 0.6 is 0 Å². The van der Waals surface area contributed by atoms with Gasteiger partial charge in [-0.1, -0.05) is 48.5 Å². The van der Waals surface area contributed by atoms with Crippen LogP contribution in [0.1, 0.15) is 17.2 Å². The SMILES string of the molecule is O=C1C(=O)N(CCOCCO)C(c2ccccc2F)C1=C(O)c1ccccc1. The van der Waals surface area contributed by atoms with Crippen molar-refractivity contribution in [3.8, 4) is 0 Å². The van der Waals surface area contributed by atoms with Crippen molar-refractivity contribution in [2.45, 2.75) is 6.04 Å². The van der Waals surface area contributed by atoms with Crippen LogP contribution in [-0.2, 0) is 14.3 Å². The van der Waals surface area contributed by atoms with Crippen LogP contribution in [0.5, 0.6) is 0 Å². The Labute approximate surface area is 161 Å². The zero-order valence-corrected chi connectivity index (χ0v) is 15.0. The van der Waals surface area contributed by atoms with Gasteiger partial charge in [-0.3, -0.25) is 9.59 Å². The van der Waals surface area contributed by atoms with Gasteiger partial charge in [0.2, 0.25) is 0 Å². The third-order valence-corrected chi connectivity index (χ3v) is 4.50. The number of halogens is 1. The van der Waals surface area contributed by atoms with E-state index < -0.39 is 23.5 Å². The van der Waals surface area contributed by atoms with Crippen LogP contribution in [0.25, 0.3) is 5.76 Å². The summed E-state index contributed by atoms with van der Waals surface area (Å²) in [6, 6.07) is 13.1. The van der Waals surface area contributed by atoms with Gasteiger partial charge in [0.25, 0.3) is 11.7 Å². The Bertz CT molecular complexity index is 897. The number of nitrogens with zero attached hydrogens (tertiary/aromatic N) is 1. The Morgan fingerprint density at radius 3 is 2.39 bits per heavy atom. The molecule has 1 aliphatic heterocycles. The van der Waals surface area contributed by atoms with E-state index >= 15 is 0 Å². The molecule has 0 spiro atoms. The Hall–Kier alpha value is -3.03. The van der Waals surface area contributed by atoms with Crippen molar-refractivity contribution in [2.75, 3.05) is 26.4 Å². The fourth-order valence-electron chi connectivity index (χ4n) is 3.21. The van der Waals surface area contributed by atoms with Crippen molar-refractivity contribution in [3.05, 3.63) is 77.1 Å². The van der Waals surface area contributed by atoms with Gasteiger partial charge < -0.3 is 19.8 Å². The molecule has 1 heterocycles. The molecule has 1 atom stereocenters. The summed E-state index contributed by atoms with van der Waals surface area (Å²) >= 11 is 0. The third-order valence-electron chi connectivity index (χ3n) is 4.50. The molecule has 6 nitrogen and oxygen atoms in total. The second-order valence-electron chi connectivity index (χ2n) is 6.22. The molecule has 3 rings (SSSR count). The van der Waals surface area contributed by atoms with E-state index in [2.05, 4.69) is 0 Å². The van der Waals surface area contributed by atoms with Crippen LogP contribution in [0.15, 0.2) is 60.2 Å². The van der Waals surface area contributed by atoms with Gasteiger partial charge in [0.15, 0.2) is 0 Å². The van der Waals surface area contributed by atoms with Crippen molar-refractivity contribution in [3.63, 3.8) is 0 Å². The summed E-state index contributed by atoms with van der Waals surface area (Å²) in [6.07, 6.45) is 0. The number of benzene rings is 2. The molecule has 7 heteroatoms. The normalized spacial score (nSPS) is 18.6. The molecule has 2 aromatic carbocycles. The molecule has 0 aliphatic carbocycles. The number of likely N-dealkylation sites (tertiary alicyclic amines) is 1. The van der Waals surface area contributed by atoms with E-state index in [-0.39, 0.29) is 43.3 Å². The number of hydrogen-bond donors (Lipinski definition) is 2. The van der Waals surface area contributed by atoms with Crippen LogP contribution in [0.4, 0.5) is 4.39 Å². The molecule has 2 N–H and O–H groups in total. The zero-order chi connectivity index (χ0) is 20.1. The molecule has 0 aromatic heterocycles. The van der Waals surface area contributed by atoms with Gasteiger partial charge in [0.05, 0.1) is 31.4 Å². The zero-order valence-electron chi connectivity index (χ0n) is 15.0. The maximum atomic E-state index is 14.5. The van der Waals surface area contributed by atoms with Crippen LogP contribution in [0.3, 0.4) is 0 Å².